The molecule has 0 heterocycles. The fraction of sp³-hybridized carbons (Fsp3) is 0.500. The molecule has 0 saturated heterocycles. The van der Waals surface area contributed by atoms with Gasteiger partial charge in [-0.2, -0.15) is 0 Å². The molecule has 0 aliphatic rings. The van der Waals surface area contributed by atoms with E-state index in [2.05, 4.69) is 54.7 Å². The first-order chi connectivity index (χ1) is 7.66. The molecule has 0 aliphatic heterocycles. The van der Waals surface area contributed by atoms with Crippen LogP contribution in [0.2, 0.25) is 0 Å². The molecule has 0 N–H and O–H groups in total. The quantitative estimate of drug-likeness (QED) is 0.414. The van der Waals surface area contributed by atoms with Crippen molar-refractivity contribution in [1.82, 2.24) is 0 Å². The normalized spacial score (nSPS) is 10.5. The summed E-state index contributed by atoms with van der Waals surface area (Å²) in [5, 5.41) is 0. The van der Waals surface area contributed by atoms with Crippen molar-refractivity contribution < 1.29 is 4.74 Å². The van der Waals surface area contributed by atoms with E-state index in [0.717, 1.165) is 32.2 Å². The lowest BCUT2D eigenvalue weighted by Crippen LogP contribution is -1.98. The van der Waals surface area contributed by atoms with Crippen LogP contribution in [0.25, 0.3) is 0 Å². The maximum absolute atomic E-state index is 5.77. The van der Waals surface area contributed by atoms with Gasteiger partial charge in [0.05, 0.1) is 15.6 Å². The number of rotatable bonds is 6. The highest BCUT2D eigenvalue weighted by atomic mass is 79.9. The Kier molecular flexibility index (Phi) is 7.01. The van der Waals surface area contributed by atoms with Gasteiger partial charge in [-0.3, -0.25) is 0 Å². The average Bonchev–Trinajstić information content (AvgIpc) is 2.28. The summed E-state index contributed by atoms with van der Waals surface area (Å²) in [6.07, 6.45) is 4.88. The zero-order valence-electron chi connectivity index (χ0n) is 9.23. The fourth-order valence-corrected chi connectivity index (χ4v) is 2.83. The van der Waals surface area contributed by atoms with Crippen LogP contribution in [0, 0.1) is 0 Å². The van der Waals surface area contributed by atoms with Crippen LogP contribution in [0.5, 0.6) is 5.75 Å². The Morgan fingerprint density at radius 1 is 1.00 bits per heavy atom. The molecule has 0 aliphatic carbocycles. The lowest BCUT2D eigenvalue weighted by atomic mass is 10.2. The van der Waals surface area contributed by atoms with E-state index in [1.807, 2.05) is 12.1 Å². The monoisotopic (exact) mass is 412 g/mol. The molecule has 0 aromatic heterocycles. The van der Waals surface area contributed by atoms with Crippen LogP contribution in [0.3, 0.4) is 0 Å². The Morgan fingerprint density at radius 3 is 2.38 bits per heavy atom. The third kappa shape index (κ3) is 4.38. The summed E-state index contributed by atoms with van der Waals surface area (Å²) < 4.78 is 8.74. The van der Waals surface area contributed by atoms with E-state index in [0.29, 0.717) is 0 Å². The van der Waals surface area contributed by atoms with Crippen molar-refractivity contribution in [3.8, 4) is 5.75 Å². The molecule has 0 fully saturated rings. The van der Waals surface area contributed by atoms with Gasteiger partial charge in [-0.05, 0) is 66.3 Å². The van der Waals surface area contributed by atoms with E-state index in [1.165, 1.54) is 19.3 Å². The summed E-state index contributed by atoms with van der Waals surface area (Å²) in [5.41, 5.74) is 0. The molecule has 0 radical (unpaired) electrons. The van der Waals surface area contributed by atoms with Crippen molar-refractivity contribution in [3.05, 3.63) is 25.6 Å². The van der Waals surface area contributed by atoms with Gasteiger partial charge in [-0.15, -0.1) is 0 Å². The minimum absolute atomic E-state index is 0.771. The van der Waals surface area contributed by atoms with Crippen LogP contribution in [0.1, 0.15) is 32.6 Å². The summed E-state index contributed by atoms with van der Waals surface area (Å²) in [4.78, 5) is 0. The second kappa shape index (κ2) is 7.72. The van der Waals surface area contributed by atoms with E-state index >= 15 is 0 Å². The third-order valence-electron chi connectivity index (χ3n) is 2.25. The molecule has 1 nitrogen and oxygen atoms in total. The fourth-order valence-electron chi connectivity index (χ4n) is 1.34. The van der Waals surface area contributed by atoms with Crippen molar-refractivity contribution in [2.75, 3.05) is 6.61 Å². The molecule has 0 amide bonds. The lowest BCUT2D eigenvalue weighted by molar-refractivity contribution is 0.301. The Labute approximate surface area is 122 Å². The molecule has 0 bridgehead atoms. The Bertz CT molecular complexity index is 339. The first-order valence-corrected chi connectivity index (χ1v) is 7.81. The maximum atomic E-state index is 5.77. The first kappa shape index (κ1) is 14.5. The minimum Gasteiger partial charge on any atom is -0.491 e. The standard InChI is InChI=1S/C12H15Br3O/c1-2-3-4-5-8-16-12-10(14)7-6-9(13)11(12)15/h6-7H,2-5,8H2,1H3. The maximum Gasteiger partial charge on any atom is 0.148 e. The molecule has 0 spiro atoms. The highest BCUT2D eigenvalue weighted by Gasteiger charge is 2.09. The molecule has 90 valence electrons. The molecule has 1 aromatic carbocycles. The topological polar surface area (TPSA) is 9.23 Å². The van der Waals surface area contributed by atoms with Crippen molar-refractivity contribution in [2.24, 2.45) is 0 Å². The van der Waals surface area contributed by atoms with Crippen molar-refractivity contribution >= 4 is 47.8 Å². The average molecular weight is 415 g/mol. The van der Waals surface area contributed by atoms with Gasteiger partial charge in [0, 0.05) is 4.47 Å². The van der Waals surface area contributed by atoms with E-state index in [1.54, 1.807) is 0 Å². The molecule has 0 atom stereocenters. The number of halogens is 3. The molecule has 0 saturated carbocycles. The van der Waals surface area contributed by atoms with E-state index < -0.39 is 0 Å². The number of ether oxygens (including phenoxy) is 1. The molecule has 0 unspecified atom stereocenters. The van der Waals surface area contributed by atoms with Crippen LogP contribution in [-0.4, -0.2) is 6.61 Å². The predicted octanol–water partition coefficient (Wildman–Crippen LogP) is 5.93. The minimum atomic E-state index is 0.771. The summed E-state index contributed by atoms with van der Waals surface area (Å²) in [6.45, 7) is 2.98. The number of hydrogen-bond acceptors (Lipinski definition) is 1. The highest BCUT2D eigenvalue weighted by Crippen LogP contribution is 2.38. The van der Waals surface area contributed by atoms with E-state index in [9.17, 15) is 0 Å². The largest absolute Gasteiger partial charge is 0.491 e. The smallest absolute Gasteiger partial charge is 0.148 e. The van der Waals surface area contributed by atoms with Gasteiger partial charge in [0.1, 0.15) is 5.75 Å². The highest BCUT2D eigenvalue weighted by molar-refractivity contribution is 9.13. The van der Waals surface area contributed by atoms with Gasteiger partial charge >= 0.3 is 0 Å². The molecule has 1 aromatic rings. The molecule has 4 heteroatoms. The van der Waals surface area contributed by atoms with E-state index in [-0.39, 0.29) is 0 Å². The van der Waals surface area contributed by atoms with Gasteiger partial charge in [0.25, 0.3) is 0 Å². The van der Waals surface area contributed by atoms with E-state index in [4.69, 9.17) is 4.74 Å². The van der Waals surface area contributed by atoms with Crippen LogP contribution in [-0.2, 0) is 0 Å². The van der Waals surface area contributed by atoms with Crippen molar-refractivity contribution in [2.45, 2.75) is 32.6 Å². The van der Waals surface area contributed by atoms with Crippen LogP contribution in [0.4, 0.5) is 0 Å². The van der Waals surface area contributed by atoms with Crippen LogP contribution >= 0.6 is 47.8 Å². The van der Waals surface area contributed by atoms with Gasteiger partial charge in [-0.1, -0.05) is 26.2 Å². The van der Waals surface area contributed by atoms with Crippen molar-refractivity contribution in [1.29, 1.82) is 0 Å². The van der Waals surface area contributed by atoms with Crippen molar-refractivity contribution in [3.63, 3.8) is 0 Å². The SMILES string of the molecule is CCCCCCOc1c(Br)ccc(Br)c1Br. The predicted molar refractivity (Wildman–Crippen MR) is 79.2 cm³/mol. The third-order valence-corrected chi connectivity index (χ3v) is 4.85. The van der Waals surface area contributed by atoms with Gasteiger partial charge in [-0.25, -0.2) is 0 Å². The van der Waals surface area contributed by atoms with Crippen LogP contribution in [0.15, 0.2) is 25.6 Å². The molecule has 1 rings (SSSR count). The lowest BCUT2D eigenvalue weighted by Gasteiger charge is -2.11. The Balaban J connectivity index is 2.50. The van der Waals surface area contributed by atoms with Gasteiger partial charge in [0.15, 0.2) is 0 Å². The Morgan fingerprint density at radius 2 is 1.69 bits per heavy atom. The van der Waals surface area contributed by atoms with Crippen LogP contribution < -0.4 is 4.74 Å². The molecule has 16 heavy (non-hydrogen) atoms. The zero-order valence-corrected chi connectivity index (χ0v) is 14.0. The summed E-state index contributed by atoms with van der Waals surface area (Å²) >= 11 is 10.5. The molecular formula is C12H15Br3O. The van der Waals surface area contributed by atoms with Gasteiger partial charge in [0.2, 0.25) is 0 Å². The Hall–Kier alpha value is 0.460. The summed E-state index contributed by atoms with van der Waals surface area (Å²) in [6, 6.07) is 3.97. The second-order valence-electron chi connectivity index (χ2n) is 3.58. The zero-order chi connectivity index (χ0) is 12.0. The first-order valence-electron chi connectivity index (χ1n) is 5.43. The summed E-state index contributed by atoms with van der Waals surface area (Å²) in [7, 11) is 0. The number of unbranched alkanes of at least 4 members (excludes halogenated alkanes) is 3. The number of benzene rings is 1. The molecular weight excluding hydrogens is 400 g/mol. The second-order valence-corrected chi connectivity index (χ2v) is 6.08. The number of hydrogen-bond donors (Lipinski definition) is 0. The van der Waals surface area contributed by atoms with Gasteiger partial charge < -0.3 is 4.74 Å². The summed E-state index contributed by atoms with van der Waals surface area (Å²) in [5.74, 6) is 0.880.